The minimum absolute atomic E-state index is 0.105. The van der Waals surface area contributed by atoms with E-state index in [1.165, 1.54) is 30.3 Å². The van der Waals surface area contributed by atoms with Gasteiger partial charge < -0.3 is 15.2 Å². The minimum Gasteiger partial charge on any atom is -0.508 e. The lowest BCUT2D eigenvalue weighted by Crippen LogP contribution is -2.07. The van der Waals surface area contributed by atoms with Crippen molar-refractivity contribution in [1.29, 1.82) is 0 Å². The Kier molecular flexibility index (Phi) is 3.39. The van der Waals surface area contributed by atoms with Gasteiger partial charge in [-0.1, -0.05) is 12.1 Å². The zero-order chi connectivity index (χ0) is 15.7. The van der Waals surface area contributed by atoms with Crippen molar-refractivity contribution < 1.29 is 14.6 Å². The van der Waals surface area contributed by atoms with Crippen molar-refractivity contribution in [2.45, 2.75) is 0 Å². The molecule has 0 fully saturated rings. The summed E-state index contributed by atoms with van der Waals surface area (Å²) in [4.78, 5) is 14.3. The first-order chi connectivity index (χ1) is 10.5. The Labute approximate surface area is 125 Å². The average molecular weight is 297 g/mol. The number of phenols is 1. The zero-order valence-corrected chi connectivity index (χ0v) is 11.4. The molecule has 0 bridgehead atoms. The maximum absolute atomic E-state index is 13.1. The second-order valence-corrected chi connectivity index (χ2v) is 4.83. The van der Waals surface area contributed by atoms with Crippen LogP contribution in [0.4, 0.5) is 4.39 Å². The first-order valence-electron chi connectivity index (χ1n) is 6.56. The number of pyridine rings is 1. The van der Waals surface area contributed by atoms with Gasteiger partial charge >= 0.3 is 0 Å². The van der Waals surface area contributed by atoms with Gasteiger partial charge in [-0.15, -0.1) is 0 Å². The van der Waals surface area contributed by atoms with Crippen LogP contribution in [0, 0.1) is 5.82 Å². The molecule has 1 heterocycles. The van der Waals surface area contributed by atoms with Crippen molar-refractivity contribution >= 4 is 0 Å². The fourth-order valence-electron chi connectivity index (χ4n) is 2.23. The number of rotatable bonds is 2. The third-order valence-electron chi connectivity index (χ3n) is 3.33. The topological polar surface area (TPSA) is 73.3 Å². The Morgan fingerprint density at radius 3 is 2.09 bits per heavy atom. The number of hydrogen-bond acceptors (Lipinski definition) is 3. The Morgan fingerprint density at radius 1 is 0.864 bits per heavy atom. The lowest BCUT2D eigenvalue weighted by atomic mass is 9.99. The Bertz CT molecular complexity index is 868. The van der Waals surface area contributed by atoms with E-state index in [1.54, 1.807) is 24.3 Å². The number of phenolic OH excluding ortho intramolecular Hbond substituents is 1. The number of aromatic nitrogens is 1. The Hall–Kier alpha value is -3.08. The summed E-state index contributed by atoms with van der Waals surface area (Å²) in [5.41, 5.74) is 1.73. The number of nitrogens with one attached hydrogen (secondary N) is 1. The normalized spacial score (nSPS) is 10.6. The quantitative estimate of drug-likeness (QED) is 0.679. The van der Waals surface area contributed by atoms with E-state index in [4.69, 9.17) is 0 Å². The third kappa shape index (κ3) is 2.56. The van der Waals surface area contributed by atoms with Crippen LogP contribution in [0.1, 0.15) is 0 Å². The van der Waals surface area contributed by atoms with Gasteiger partial charge in [0.05, 0.1) is 5.69 Å². The molecule has 3 rings (SSSR count). The van der Waals surface area contributed by atoms with E-state index in [2.05, 4.69) is 4.98 Å². The molecule has 0 aliphatic heterocycles. The molecule has 0 spiro atoms. The van der Waals surface area contributed by atoms with Crippen LogP contribution in [0.15, 0.2) is 59.4 Å². The smallest absolute Gasteiger partial charge is 0.290 e. The highest BCUT2D eigenvalue weighted by Gasteiger charge is 2.12. The molecule has 0 unspecified atom stereocenters. The molecule has 2 aromatic carbocycles. The van der Waals surface area contributed by atoms with Crippen LogP contribution in [0.25, 0.3) is 22.4 Å². The molecule has 5 heteroatoms. The molecule has 0 atom stereocenters. The Morgan fingerprint density at radius 2 is 1.45 bits per heavy atom. The molecule has 0 aliphatic rings. The fraction of sp³-hybridized carbons (Fsp3) is 0. The van der Waals surface area contributed by atoms with E-state index < -0.39 is 11.3 Å². The van der Waals surface area contributed by atoms with Crippen LogP contribution in [0.3, 0.4) is 0 Å². The van der Waals surface area contributed by atoms with Crippen molar-refractivity contribution in [3.63, 3.8) is 0 Å². The minimum atomic E-state index is -0.617. The van der Waals surface area contributed by atoms with Gasteiger partial charge in [0.15, 0.2) is 5.75 Å². The van der Waals surface area contributed by atoms with Gasteiger partial charge in [-0.3, -0.25) is 4.79 Å². The van der Waals surface area contributed by atoms with Gasteiger partial charge in [0.25, 0.3) is 5.56 Å². The lowest BCUT2D eigenvalue weighted by Gasteiger charge is -2.11. The van der Waals surface area contributed by atoms with Crippen molar-refractivity contribution in [3.8, 4) is 33.9 Å². The van der Waals surface area contributed by atoms with Crippen molar-refractivity contribution in [1.82, 2.24) is 4.98 Å². The monoisotopic (exact) mass is 297 g/mol. The molecule has 0 aliphatic carbocycles. The van der Waals surface area contributed by atoms with E-state index in [0.717, 1.165) is 0 Å². The van der Waals surface area contributed by atoms with E-state index in [0.29, 0.717) is 22.4 Å². The molecular weight excluding hydrogens is 285 g/mol. The molecule has 22 heavy (non-hydrogen) atoms. The van der Waals surface area contributed by atoms with Crippen LogP contribution in [0.2, 0.25) is 0 Å². The lowest BCUT2D eigenvalue weighted by molar-refractivity contribution is 0.467. The van der Waals surface area contributed by atoms with Gasteiger partial charge in [-0.05, 0) is 53.6 Å². The molecule has 3 N–H and O–H groups in total. The van der Waals surface area contributed by atoms with Crippen molar-refractivity contribution in [3.05, 3.63) is 70.8 Å². The number of aromatic amines is 1. The summed E-state index contributed by atoms with van der Waals surface area (Å²) in [5.74, 6) is -0.682. The summed E-state index contributed by atoms with van der Waals surface area (Å²) in [6, 6.07) is 13.3. The first kappa shape index (κ1) is 13.9. The molecule has 110 valence electrons. The molecule has 0 radical (unpaired) electrons. The summed E-state index contributed by atoms with van der Waals surface area (Å²) in [5, 5.41) is 19.0. The number of benzene rings is 2. The van der Waals surface area contributed by atoms with E-state index in [1.807, 2.05) is 0 Å². The van der Waals surface area contributed by atoms with Crippen LogP contribution >= 0.6 is 0 Å². The van der Waals surface area contributed by atoms with Gasteiger partial charge in [0, 0.05) is 5.56 Å². The number of halogens is 1. The highest BCUT2D eigenvalue weighted by Crippen LogP contribution is 2.32. The van der Waals surface area contributed by atoms with Gasteiger partial charge in [-0.25, -0.2) is 4.39 Å². The second-order valence-electron chi connectivity index (χ2n) is 4.83. The van der Waals surface area contributed by atoms with Crippen LogP contribution < -0.4 is 5.56 Å². The maximum atomic E-state index is 13.1. The summed E-state index contributed by atoms with van der Waals surface area (Å²) in [7, 11) is 0. The Balaban J connectivity index is 2.24. The molecule has 0 saturated carbocycles. The summed E-state index contributed by atoms with van der Waals surface area (Å²) in [6.45, 7) is 0. The molecule has 1 aromatic heterocycles. The molecule has 4 nitrogen and oxygen atoms in total. The largest absolute Gasteiger partial charge is 0.508 e. The van der Waals surface area contributed by atoms with E-state index >= 15 is 0 Å². The number of hydrogen-bond donors (Lipinski definition) is 3. The van der Waals surface area contributed by atoms with Crippen LogP contribution in [0.5, 0.6) is 11.5 Å². The van der Waals surface area contributed by atoms with E-state index in [-0.39, 0.29) is 11.6 Å². The predicted molar refractivity (Wildman–Crippen MR) is 81.2 cm³/mol. The maximum Gasteiger partial charge on any atom is 0.290 e. The van der Waals surface area contributed by atoms with Gasteiger partial charge in [-0.2, -0.15) is 0 Å². The molecular formula is C17H12FNO3. The second kappa shape index (κ2) is 5.37. The SMILES string of the molecule is O=c1[nH]c(-c2ccc(O)cc2)c(-c2ccc(F)cc2)cc1O. The van der Waals surface area contributed by atoms with E-state index in [9.17, 15) is 19.4 Å². The first-order valence-corrected chi connectivity index (χ1v) is 6.56. The predicted octanol–water partition coefficient (Wildman–Crippen LogP) is 3.26. The van der Waals surface area contributed by atoms with Crippen LogP contribution in [-0.4, -0.2) is 15.2 Å². The van der Waals surface area contributed by atoms with Crippen molar-refractivity contribution in [2.24, 2.45) is 0 Å². The third-order valence-corrected chi connectivity index (χ3v) is 3.33. The number of H-pyrrole nitrogens is 1. The van der Waals surface area contributed by atoms with Gasteiger partial charge in [0.2, 0.25) is 0 Å². The highest BCUT2D eigenvalue weighted by atomic mass is 19.1. The number of aromatic hydroxyl groups is 2. The molecule has 3 aromatic rings. The fourth-order valence-corrected chi connectivity index (χ4v) is 2.23. The molecule has 0 saturated heterocycles. The highest BCUT2D eigenvalue weighted by molar-refractivity contribution is 5.81. The van der Waals surface area contributed by atoms with Crippen molar-refractivity contribution in [2.75, 3.05) is 0 Å². The summed E-state index contributed by atoms with van der Waals surface area (Å²) >= 11 is 0. The molecule has 0 amide bonds. The zero-order valence-electron chi connectivity index (χ0n) is 11.4. The standard InChI is InChI=1S/C17H12FNO3/c18-12-5-1-10(2-6-12)14-9-15(21)17(22)19-16(14)11-3-7-13(20)8-4-11/h1-9,20-21H,(H,19,22). The average Bonchev–Trinajstić information content (AvgIpc) is 2.51. The van der Waals surface area contributed by atoms with Crippen LogP contribution in [-0.2, 0) is 0 Å². The summed E-state index contributed by atoms with van der Waals surface area (Å²) < 4.78 is 13.1. The summed E-state index contributed by atoms with van der Waals surface area (Å²) in [6.07, 6.45) is 0. The van der Waals surface area contributed by atoms with Gasteiger partial charge in [0.1, 0.15) is 11.6 Å².